The first-order valence-electron chi connectivity index (χ1n) is 6.68. The Labute approximate surface area is 118 Å². The third kappa shape index (κ3) is 4.08. The van der Waals surface area contributed by atoms with E-state index < -0.39 is 0 Å². The molecule has 1 saturated carbocycles. The van der Waals surface area contributed by atoms with Crippen molar-refractivity contribution in [2.75, 3.05) is 20.3 Å². The molecule has 0 spiro atoms. The predicted molar refractivity (Wildman–Crippen MR) is 78.9 cm³/mol. The number of methoxy groups -OCH3 is 1. The third-order valence-electron chi connectivity index (χ3n) is 3.62. The molecule has 1 fully saturated rings. The zero-order valence-electron chi connectivity index (χ0n) is 11.2. The van der Waals surface area contributed by atoms with E-state index in [4.69, 9.17) is 4.74 Å². The van der Waals surface area contributed by atoms with Crippen molar-refractivity contribution in [1.82, 2.24) is 5.32 Å². The Kier molecular flexibility index (Phi) is 5.22. The maximum Gasteiger partial charge on any atom is 0.0494 e. The summed E-state index contributed by atoms with van der Waals surface area (Å²) < 4.78 is 6.45. The first-order chi connectivity index (χ1) is 8.70. The lowest BCUT2D eigenvalue weighted by atomic mass is 9.87. The minimum atomic E-state index is 0.527. The molecule has 1 aliphatic carbocycles. The van der Waals surface area contributed by atoms with Crippen LogP contribution in [0.1, 0.15) is 31.2 Å². The van der Waals surface area contributed by atoms with Crippen LogP contribution in [-0.2, 0) is 4.74 Å². The van der Waals surface area contributed by atoms with Gasteiger partial charge in [-0.1, -0.05) is 35.0 Å². The van der Waals surface area contributed by atoms with Crippen LogP contribution in [0.4, 0.5) is 0 Å². The first kappa shape index (κ1) is 14.0. The molecule has 18 heavy (non-hydrogen) atoms. The van der Waals surface area contributed by atoms with E-state index in [9.17, 15) is 0 Å². The molecule has 1 aliphatic rings. The second-order valence-corrected chi connectivity index (χ2v) is 6.19. The van der Waals surface area contributed by atoms with E-state index in [1.807, 2.05) is 0 Å². The first-order valence-corrected chi connectivity index (χ1v) is 7.47. The van der Waals surface area contributed by atoms with Gasteiger partial charge in [-0.05, 0) is 36.5 Å². The number of benzene rings is 1. The Morgan fingerprint density at radius 2 is 2.00 bits per heavy atom. The average Bonchev–Trinajstić information content (AvgIpc) is 3.16. The largest absolute Gasteiger partial charge is 0.384 e. The molecule has 2 unspecified atom stereocenters. The van der Waals surface area contributed by atoms with Gasteiger partial charge in [-0.15, -0.1) is 0 Å². The van der Waals surface area contributed by atoms with Gasteiger partial charge in [0, 0.05) is 36.7 Å². The number of ether oxygens (including phenoxy) is 1. The van der Waals surface area contributed by atoms with Gasteiger partial charge in [-0.25, -0.2) is 0 Å². The summed E-state index contributed by atoms with van der Waals surface area (Å²) in [5.41, 5.74) is 1.40. The van der Waals surface area contributed by atoms with Crippen molar-refractivity contribution in [2.24, 2.45) is 5.92 Å². The van der Waals surface area contributed by atoms with Crippen molar-refractivity contribution >= 4 is 15.9 Å². The zero-order valence-corrected chi connectivity index (χ0v) is 12.7. The van der Waals surface area contributed by atoms with Gasteiger partial charge in [0.15, 0.2) is 0 Å². The molecule has 1 aromatic rings. The molecule has 0 amide bonds. The fourth-order valence-electron chi connectivity index (χ4n) is 2.32. The molecule has 1 N–H and O–H groups in total. The van der Waals surface area contributed by atoms with E-state index in [0.29, 0.717) is 11.8 Å². The summed E-state index contributed by atoms with van der Waals surface area (Å²) >= 11 is 3.49. The van der Waals surface area contributed by atoms with Crippen molar-refractivity contribution in [2.45, 2.75) is 31.7 Å². The zero-order chi connectivity index (χ0) is 13.0. The van der Waals surface area contributed by atoms with Gasteiger partial charge in [0.1, 0.15) is 0 Å². The SMILES string of the molecule is COCC(C)C(CNC1CC1)c1ccc(Br)cc1. The van der Waals surface area contributed by atoms with Crippen molar-refractivity contribution in [3.05, 3.63) is 34.3 Å². The molecule has 2 nitrogen and oxygen atoms in total. The number of halogens is 1. The van der Waals surface area contributed by atoms with Crippen LogP contribution in [0.3, 0.4) is 0 Å². The summed E-state index contributed by atoms with van der Waals surface area (Å²) in [6.45, 7) is 4.13. The van der Waals surface area contributed by atoms with Crippen LogP contribution in [0.5, 0.6) is 0 Å². The van der Waals surface area contributed by atoms with E-state index in [1.165, 1.54) is 18.4 Å². The molecule has 0 saturated heterocycles. The van der Waals surface area contributed by atoms with Gasteiger partial charge in [-0.3, -0.25) is 0 Å². The average molecular weight is 312 g/mol. The van der Waals surface area contributed by atoms with E-state index >= 15 is 0 Å². The van der Waals surface area contributed by atoms with E-state index in [-0.39, 0.29) is 0 Å². The molecule has 0 bridgehead atoms. The standard InChI is InChI=1S/C15H22BrNO/c1-11(10-18-2)15(9-17-14-7-8-14)12-3-5-13(16)6-4-12/h3-6,11,14-15,17H,7-10H2,1-2H3. The molecule has 0 aromatic heterocycles. The monoisotopic (exact) mass is 311 g/mol. The second kappa shape index (κ2) is 6.69. The lowest BCUT2D eigenvalue weighted by molar-refractivity contribution is 0.146. The van der Waals surface area contributed by atoms with Crippen LogP contribution in [0.25, 0.3) is 0 Å². The van der Waals surface area contributed by atoms with Gasteiger partial charge in [0.2, 0.25) is 0 Å². The Morgan fingerprint density at radius 3 is 2.56 bits per heavy atom. The normalized spacial score (nSPS) is 18.6. The molecule has 100 valence electrons. The summed E-state index contributed by atoms with van der Waals surface area (Å²) in [5, 5.41) is 3.64. The van der Waals surface area contributed by atoms with Crippen LogP contribution >= 0.6 is 15.9 Å². The summed E-state index contributed by atoms with van der Waals surface area (Å²) in [4.78, 5) is 0. The predicted octanol–water partition coefficient (Wildman–Crippen LogP) is 3.57. The number of hydrogen-bond acceptors (Lipinski definition) is 2. The van der Waals surface area contributed by atoms with Crippen LogP contribution in [-0.4, -0.2) is 26.3 Å². The third-order valence-corrected chi connectivity index (χ3v) is 4.15. The van der Waals surface area contributed by atoms with Crippen molar-refractivity contribution in [3.63, 3.8) is 0 Å². The molecule has 2 atom stereocenters. The molecule has 1 aromatic carbocycles. The van der Waals surface area contributed by atoms with E-state index in [0.717, 1.165) is 23.7 Å². The number of rotatable bonds is 7. The summed E-state index contributed by atoms with van der Waals surface area (Å²) in [6, 6.07) is 9.45. The van der Waals surface area contributed by atoms with Crippen molar-refractivity contribution in [3.8, 4) is 0 Å². The minimum Gasteiger partial charge on any atom is -0.384 e. The quantitative estimate of drug-likeness (QED) is 0.831. The molecule has 0 heterocycles. The maximum atomic E-state index is 5.32. The lowest BCUT2D eigenvalue weighted by Gasteiger charge is -2.24. The summed E-state index contributed by atoms with van der Waals surface area (Å²) in [5.74, 6) is 1.06. The fraction of sp³-hybridized carbons (Fsp3) is 0.600. The second-order valence-electron chi connectivity index (χ2n) is 5.27. The topological polar surface area (TPSA) is 21.3 Å². The Balaban J connectivity index is 2.03. The van der Waals surface area contributed by atoms with Gasteiger partial charge < -0.3 is 10.1 Å². The van der Waals surface area contributed by atoms with Gasteiger partial charge >= 0.3 is 0 Å². The van der Waals surface area contributed by atoms with Crippen LogP contribution in [0, 0.1) is 5.92 Å². The molecular weight excluding hydrogens is 290 g/mol. The highest BCUT2D eigenvalue weighted by Crippen LogP contribution is 2.27. The Hall–Kier alpha value is -0.380. The highest BCUT2D eigenvalue weighted by Gasteiger charge is 2.25. The summed E-state index contributed by atoms with van der Waals surface area (Å²) in [7, 11) is 1.78. The molecule has 3 heteroatoms. The highest BCUT2D eigenvalue weighted by molar-refractivity contribution is 9.10. The lowest BCUT2D eigenvalue weighted by Crippen LogP contribution is -2.28. The van der Waals surface area contributed by atoms with Crippen LogP contribution in [0.15, 0.2) is 28.7 Å². The Bertz CT molecular complexity index is 361. The Morgan fingerprint density at radius 1 is 1.33 bits per heavy atom. The van der Waals surface area contributed by atoms with Gasteiger partial charge in [0.25, 0.3) is 0 Å². The molecule has 2 rings (SSSR count). The van der Waals surface area contributed by atoms with E-state index in [2.05, 4.69) is 52.4 Å². The highest BCUT2D eigenvalue weighted by atomic mass is 79.9. The summed E-state index contributed by atoms with van der Waals surface area (Å²) in [6.07, 6.45) is 2.68. The number of hydrogen-bond donors (Lipinski definition) is 1. The fourth-order valence-corrected chi connectivity index (χ4v) is 2.58. The van der Waals surface area contributed by atoms with E-state index in [1.54, 1.807) is 7.11 Å². The van der Waals surface area contributed by atoms with Gasteiger partial charge in [-0.2, -0.15) is 0 Å². The van der Waals surface area contributed by atoms with Crippen molar-refractivity contribution in [1.29, 1.82) is 0 Å². The maximum absolute atomic E-state index is 5.32. The van der Waals surface area contributed by atoms with Gasteiger partial charge in [0.05, 0.1) is 0 Å². The van der Waals surface area contributed by atoms with Crippen molar-refractivity contribution < 1.29 is 4.74 Å². The molecule has 0 radical (unpaired) electrons. The number of nitrogens with one attached hydrogen (secondary N) is 1. The molecule has 0 aliphatic heterocycles. The van der Waals surface area contributed by atoms with Crippen LogP contribution in [0.2, 0.25) is 0 Å². The molecular formula is C15H22BrNO. The smallest absolute Gasteiger partial charge is 0.0494 e. The minimum absolute atomic E-state index is 0.527. The van der Waals surface area contributed by atoms with Crippen LogP contribution < -0.4 is 5.32 Å².